The highest BCUT2D eigenvalue weighted by molar-refractivity contribution is 7.92. The number of anilines is 2. The lowest BCUT2D eigenvalue weighted by Crippen LogP contribution is -2.45. The van der Waals surface area contributed by atoms with Crippen molar-refractivity contribution in [1.29, 1.82) is 0 Å². The van der Waals surface area contributed by atoms with Gasteiger partial charge in [-0.1, -0.05) is 23.2 Å². The second-order valence-electron chi connectivity index (χ2n) is 5.33. The number of halogens is 3. The van der Waals surface area contributed by atoms with Crippen LogP contribution < -0.4 is 9.62 Å². The van der Waals surface area contributed by atoms with Crippen LogP contribution >= 0.6 is 23.2 Å². The summed E-state index contributed by atoms with van der Waals surface area (Å²) in [5.74, 6) is -1.08. The molecule has 9 heteroatoms. The maximum absolute atomic E-state index is 13.1. The molecule has 1 atom stereocenters. The second kappa shape index (κ2) is 7.59. The number of benzene rings is 2. The molecule has 1 amide bonds. The minimum Gasteiger partial charge on any atom is -0.324 e. The number of amides is 1. The van der Waals surface area contributed by atoms with E-state index in [1.165, 1.54) is 31.2 Å². The van der Waals surface area contributed by atoms with E-state index < -0.39 is 27.8 Å². The molecule has 0 unspecified atom stereocenters. The fourth-order valence-corrected chi connectivity index (χ4v) is 3.69. The largest absolute Gasteiger partial charge is 0.324 e. The summed E-state index contributed by atoms with van der Waals surface area (Å²) < 4.78 is 38.3. The van der Waals surface area contributed by atoms with Gasteiger partial charge in [-0.15, -0.1) is 0 Å². The van der Waals surface area contributed by atoms with E-state index in [1.54, 1.807) is 6.07 Å². The van der Waals surface area contributed by atoms with E-state index >= 15 is 0 Å². The van der Waals surface area contributed by atoms with Crippen molar-refractivity contribution < 1.29 is 17.6 Å². The van der Waals surface area contributed by atoms with Gasteiger partial charge in [-0.3, -0.25) is 9.10 Å². The van der Waals surface area contributed by atoms with Gasteiger partial charge >= 0.3 is 0 Å². The molecule has 0 radical (unpaired) electrons. The van der Waals surface area contributed by atoms with Crippen molar-refractivity contribution >= 4 is 50.5 Å². The molecule has 0 fully saturated rings. The number of hydrogen-bond acceptors (Lipinski definition) is 3. The summed E-state index contributed by atoms with van der Waals surface area (Å²) >= 11 is 11.7. The molecule has 2 aromatic rings. The lowest BCUT2D eigenvalue weighted by molar-refractivity contribution is -0.116. The van der Waals surface area contributed by atoms with E-state index in [9.17, 15) is 17.6 Å². The minimum absolute atomic E-state index is 0.181. The summed E-state index contributed by atoms with van der Waals surface area (Å²) in [4.78, 5) is 12.5. The van der Waals surface area contributed by atoms with Crippen LogP contribution in [0.15, 0.2) is 42.5 Å². The van der Waals surface area contributed by atoms with Gasteiger partial charge in [-0.05, 0) is 49.4 Å². The first-order valence-corrected chi connectivity index (χ1v) is 9.71. The van der Waals surface area contributed by atoms with Crippen LogP contribution in [0.4, 0.5) is 15.8 Å². The predicted octanol–water partition coefficient (Wildman–Crippen LogP) is 3.93. The first-order valence-electron chi connectivity index (χ1n) is 7.10. The number of nitrogens with zero attached hydrogens (tertiary/aromatic N) is 1. The Bertz CT molecular complexity index is 889. The van der Waals surface area contributed by atoms with Crippen molar-refractivity contribution in [3.05, 3.63) is 58.3 Å². The van der Waals surface area contributed by atoms with Crippen LogP contribution in [0.3, 0.4) is 0 Å². The fraction of sp³-hybridized carbons (Fsp3) is 0.188. The van der Waals surface area contributed by atoms with Crippen LogP contribution in [0.2, 0.25) is 10.0 Å². The van der Waals surface area contributed by atoms with E-state index in [0.717, 1.165) is 22.7 Å². The summed E-state index contributed by atoms with van der Waals surface area (Å²) in [6.07, 6.45) is 0.972. The van der Waals surface area contributed by atoms with E-state index in [-0.39, 0.29) is 10.7 Å². The van der Waals surface area contributed by atoms with Crippen LogP contribution in [-0.4, -0.2) is 26.6 Å². The highest BCUT2D eigenvalue weighted by Gasteiger charge is 2.29. The van der Waals surface area contributed by atoms with Crippen molar-refractivity contribution in [1.82, 2.24) is 0 Å². The molecule has 0 aromatic heterocycles. The molecule has 0 saturated carbocycles. The predicted molar refractivity (Wildman–Crippen MR) is 98.3 cm³/mol. The molecule has 25 heavy (non-hydrogen) atoms. The number of carbonyl (C=O) groups is 1. The minimum atomic E-state index is -3.78. The van der Waals surface area contributed by atoms with Crippen LogP contribution in [0.5, 0.6) is 0 Å². The van der Waals surface area contributed by atoms with Gasteiger partial charge in [-0.25, -0.2) is 12.8 Å². The van der Waals surface area contributed by atoms with Crippen LogP contribution in [0.1, 0.15) is 6.92 Å². The lowest BCUT2D eigenvalue weighted by Gasteiger charge is -2.28. The summed E-state index contributed by atoms with van der Waals surface area (Å²) in [5, 5.41) is 3.17. The van der Waals surface area contributed by atoms with Gasteiger partial charge < -0.3 is 5.32 Å². The van der Waals surface area contributed by atoms with Gasteiger partial charge in [0, 0.05) is 5.69 Å². The van der Waals surface area contributed by atoms with E-state index in [2.05, 4.69) is 5.32 Å². The van der Waals surface area contributed by atoms with Crippen molar-refractivity contribution in [2.24, 2.45) is 0 Å². The van der Waals surface area contributed by atoms with Crippen molar-refractivity contribution in [2.45, 2.75) is 13.0 Å². The number of nitrogens with one attached hydrogen (secondary N) is 1. The summed E-state index contributed by atoms with van der Waals surface area (Å²) in [7, 11) is -3.78. The topological polar surface area (TPSA) is 66.5 Å². The second-order valence-corrected chi connectivity index (χ2v) is 8.00. The normalized spacial score (nSPS) is 12.5. The smallest absolute Gasteiger partial charge is 0.247 e. The molecule has 134 valence electrons. The van der Waals surface area contributed by atoms with Crippen LogP contribution in [-0.2, 0) is 14.8 Å². The Morgan fingerprint density at radius 2 is 1.72 bits per heavy atom. The maximum Gasteiger partial charge on any atom is 0.247 e. The zero-order chi connectivity index (χ0) is 18.8. The molecule has 1 N–H and O–H groups in total. The summed E-state index contributed by atoms with van der Waals surface area (Å²) in [6, 6.07) is 8.26. The van der Waals surface area contributed by atoms with Gasteiger partial charge in [0.05, 0.1) is 22.0 Å². The molecule has 0 saturated heterocycles. The number of hydrogen-bond donors (Lipinski definition) is 1. The van der Waals surface area contributed by atoms with Crippen molar-refractivity contribution in [3.8, 4) is 0 Å². The molecule has 2 rings (SSSR count). The Morgan fingerprint density at radius 1 is 1.12 bits per heavy atom. The molecule has 5 nitrogen and oxygen atoms in total. The number of rotatable bonds is 5. The fourth-order valence-electron chi connectivity index (χ4n) is 2.22. The van der Waals surface area contributed by atoms with Gasteiger partial charge in [0.25, 0.3) is 0 Å². The molecule has 0 aliphatic rings. The van der Waals surface area contributed by atoms with Gasteiger partial charge in [-0.2, -0.15) is 0 Å². The van der Waals surface area contributed by atoms with Gasteiger partial charge in [0.15, 0.2) is 0 Å². The Balaban J connectivity index is 2.29. The van der Waals surface area contributed by atoms with Crippen molar-refractivity contribution in [3.63, 3.8) is 0 Å². The third-order valence-electron chi connectivity index (χ3n) is 3.36. The third-order valence-corrected chi connectivity index (χ3v) is 5.34. The molecule has 0 spiro atoms. The Kier molecular flexibility index (Phi) is 5.92. The molecule has 0 aliphatic carbocycles. The first-order chi connectivity index (χ1) is 11.6. The lowest BCUT2D eigenvalue weighted by atomic mass is 10.2. The Hall–Kier alpha value is -1.83. The van der Waals surface area contributed by atoms with Crippen LogP contribution in [0.25, 0.3) is 0 Å². The molecule has 0 bridgehead atoms. The zero-order valence-electron chi connectivity index (χ0n) is 13.3. The van der Waals surface area contributed by atoms with Gasteiger partial charge in [0.1, 0.15) is 11.9 Å². The highest BCUT2D eigenvalue weighted by atomic mass is 35.5. The standard InChI is InChI=1S/C16H15Cl2FN2O3S/c1-10(16(22)20-12-5-8-14(17)15(18)9-12)21(25(2,23)24)13-6-3-11(19)4-7-13/h3-10H,1-2H3,(H,20,22)/t10-/m1/s1. The Labute approximate surface area is 155 Å². The first kappa shape index (κ1) is 19.5. The Morgan fingerprint density at radius 3 is 2.24 bits per heavy atom. The van der Waals surface area contributed by atoms with E-state index in [0.29, 0.717) is 10.7 Å². The molecular formula is C16H15Cl2FN2O3S. The average molecular weight is 405 g/mol. The third kappa shape index (κ3) is 4.84. The van der Waals surface area contributed by atoms with E-state index in [4.69, 9.17) is 23.2 Å². The van der Waals surface area contributed by atoms with E-state index in [1.807, 2.05) is 0 Å². The van der Waals surface area contributed by atoms with Crippen LogP contribution in [0, 0.1) is 5.82 Å². The summed E-state index contributed by atoms with van der Waals surface area (Å²) in [6.45, 7) is 1.43. The maximum atomic E-state index is 13.1. The molecule has 0 heterocycles. The molecular weight excluding hydrogens is 390 g/mol. The van der Waals surface area contributed by atoms with Crippen molar-refractivity contribution in [2.75, 3.05) is 15.9 Å². The number of sulfonamides is 1. The quantitative estimate of drug-likeness (QED) is 0.820. The summed E-state index contributed by atoms with van der Waals surface area (Å²) in [5.41, 5.74) is 0.555. The highest BCUT2D eigenvalue weighted by Crippen LogP contribution is 2.26. The monoisotopic (exact) mass is 404 g/mol. The molecule has 2 aromatic carbocycles. The zero-order valence-corrected chi connectivity index (χ0v) is 15.7. The van der Waals surface area contributed by atoms with Gasteiger partial charge in [0.2, 0.25) is 15.9 Å². The molecule has 0 aliphatic heterocycles. The SMILES string of the molecule is C[C@H](C(=O)Nc1ccc(Cl)c(Cl)c1)N(c1ccc(F)cc1)S(C)(=O)=O. The average Bonchev–Trinajstić information content (AvgIpc) is 2.51. The number of carbonyl (C=O) groups excluding carboxylic acids is 1.